The fourth-order valence-electron chi connectivity index (χ4n) is 1.75. The molecule has 0 fully saturated rings. The van der Waals surface area contributed by atoms with E-state index >= 15 is 0 Å². The van der Waals surface area contributed by atoms with E-state index in [-0.39, 0.29) is 5.78 Å². The predicted octanol–water partition coefficient (Wildman–Crippen LogP) is 3.42. The van der Waals surface area contributed by atoms with Gasteiger partial charge >= 0.3 is 0 Å². The van der Waals surface area contributed by atoms with E-state index in [1.165, 1.54) is 4.88 Å². The Morgan fingerprint density at radius 1 is 1.37 bits per heavy atom. The van der Waals surface area contributed by atoms with E-state index in [1.54, 1.807) is 35.6 Å². The predicted molar refractivity (Wildman–Crippen MR) is 79.0 cm³/mol. The molecule has 0 aliphatic heterocycles. The van der Waals surface area contributed by atoms with Crippen LogP contribution in [0.3, 0.4) is 0 Å². The van der Waals surface area contributed by atoms with Crippen molar-refractivity contribution >= 4 is 28.7 Å². The lowest BCUT2D eigenvalue weighted by molar-refractivity contribution is 0.0943. The highest BCUT2D eigenvalue weighted by molar-refractivity contribution is 7.09. The van der Waals surface area contributed by atoms with Crippen LogP contribution < -0.4 is 0 Å². The van der Waals surface area contributed by atoms with E-state index in [0.717, 1.165) is 12.2 Å². The Hall–Kier alpha value is -1.23. The molecule has 1 heterocycles. The van der Waals surface area contributed by atoms with Gasteiger partial charge in [0.1, 0.15) is 0 Å². The van der Waals surface area contributed by atoms with Crippen molar-refractivity contribution in [3.8, 4) is 0 Å². The monoisotopic (exact) mass is 294 g/mol. The fraction of sp³-hybridized carbons (Fsp3) is 0.286. The van der Waals surface area contributed by atoms with E-state index in [2.05, 4.69) is 4.98 Å². The fourth-order valence-corrected chi connectivity index (χ4v) is 2.73. The van der Waals surface area contributed by atoms with Crippen LogP contribution in [-0.4, -0.2) is 29.3 Å². The van der Waals surface area contributed by atoms with Crippen molar-refractivity contribution in [3.63, 3.8) is 0 Å². The molecule has 0 radical (unpaired) electrons. The molecule has 1 aromatic carbocycles. The topological polar surface area (TPSA) is 33.2 Å². The van der Waals surface area contributed by atoms with E-state index in [4.69, 9.17) is 11.6 Å². The number of aryl methyl sites for hydroxylation is 1. The van der Waals surface area contributed by atoms with Gasteiger partial charge in [-0.05, 0) is 38.2 Å². The van der Waals surface area contributed by atoms with Crippen LogP contribution in [0.5, 0.6) is 0 Å². The first-order valence-electron chi connectivity index (χ1n) is 5.92. The number of ketones is 1. The zero-order valence-corrected chi connectivity index (χ0v) is 12.5. The maximum Gasteiger partial charge on any atom is 0.176 e. The van der Waals surface area contributed by atoms with Gasteiger partial charge in [0.15, 0.2) is 5.78 Å². The summed E-state index contributed by atoms with van der Waals surface area (Å²) in [4.78, 5) is 19.5. The maximum absolute atomic E-state index is 12.1. The SMILES string of the molecule is Cc1ncsc1CN(C)CC(=O)c1ccc(Cl)cc1. The Bertz CT molecular complexity index is 565. The quantitative estimate of drug-likeness (QED) is 0.792. The molecule has 2 rings (SSSR count). The largest absolute Gasteiger partial charge is 0.294 e. The Balaban J connectivity index is 1.95. The number of Topliss-reactive ketones (excluding diaryl/α,β-unsaturated/α-hetero) is 1. The number of carbonyl (C=O) groups is 1. The number of hydrogen-bond acceptors (Lipinski definition) is 4. The lowest BCUT2D eigenvalue weighted by Gasteiger charge is -2.15. The summed E-state index contributed by atoms with van der Waals surface area (Å²) in [5.41, 5.74) is 3.56. The summed E-state index contributed by atoms with van der Waals surface area (Å²) >= 11 is 7.43. The number of benzene rings is 1. The summed E-state index contributed by atoms with van der Waals surface area (Å²) < 4.78 is 0. The summed E-state index contributed by atoms with van der Waals surface area (Å²) in [6.45, 7) is 3.12. The molecule has 0 N–H and O–H groups in total. The molecule has 0 aliphatic rings. The molecule has 2 aromatic rings. The molecule has 1 aromatic heterocycles. The highest BCUT2D eigenvalue weighted by atomic mass is 35.5. The first-order valence-corrected chi connectivity index (χ1v) is 7.18. The van der Waals surface area contributed by atoms with Gasteiger partial charge in [-0.15, -0.1) is 11.3 Å². The van der Waals surface area contributed by atoms with Gasteiger partial charge < -0.3 is 0 Å². The zero-order chi connectivity index (χ0) is 13.8. The van der Waals surface area contributed by atoms with Gasteiger partial charge in [0.25, 0.3) is 0 Å². The minimum Gasteiger partial charge on any atom is -0.294 e. The molecule has 19 heavy (non-hydrogen) atoms. The highest BCUT2D eigenvalue weighted by Crippen LogP contribution is 2.15. The Morgan fingerprint density at radius 2 is 2.05 bits per heavy atom. The van der Waals surface area contributed by atoms with Crippen LogP contribution >= 0.6 is 22.9 Å². The van der Waals surface area contributed by atoms with Crippen LogP contribution in [0.25, 0.3) is 0 Å². The number of hydrogen-bond donors (Lipinski definition) is 0. The Kier molecular flexibility index (Phi) is 4.69. The first kappa shape index (κ1) is 14.2. The third kappa shape index (κ3) is 3.86. The molecule has 0 saturated carbocycles. The molecule has 5 heteroatoms. The molecule has 3 nitrogen and oxygen atoms in total. The molecule has 0 saturated heterocycles. The van der Waals surface area contributed by atoms with Crippen LogP contribution in [0.2, 0.25) is 5.02 Å². The lowest BCUT2D eigenvalue weighted by Crippen LogP contribution is -2.25. The van der Waals surface area contributed by atoms with E-state index < -0.39 is 0 Å². The van der Waals surface area contributed by atoms with Gasteiger partial charge in [-0.3, -0.25) is 9.69 Å². The Labute approximate surface area is 121 Å². The average molecular weight is 295 g/mol. The van der Waals surface area contributed by atoms with Crippen molar-refractivity contribution in [2.75, 3.05) is 13.6 Å². The minimum absolute atomic E-state index is 0.0985. The van der Waals surface area contributed by atoms with Gasteiger partial charge in [-0.1, -0.05) is 11.6 Å². The van der Waals surface area contributed by atoms with E-state index in [0.29, 0.717) is 17.1 Å². The lowest BCUT2D eigenvalue weighted by atomic mass is 10.1. The number of aromatic nitrogens is 1. The van der Waals surface area contributed by atoms with Gasteiger partial charge in [0.2, 0.25) is 0 Å². The molecule has 0 amide bonds. The van der Waals surface area contributed by atoms with Gasteiger partial charge in [-0.25, -0.2) is 4.98 Å². The van der Waals surface area contributed by atoms with Crippen LogP contribution in [0, 0.1) is 6.92 Å². The number of likely N-dealkylation sites (N-methyl/N-ethyl adjacent to an activating group) is 1. The maximum atomic E-state index is 12.1. The molecule has 0 atom stereocenters. The minimum atomic E-state index is 0.0985. The van der Waals surface area contributed by atoms with Gasteiger partial charge in [0, 0.05) is 22.0 Å². The van der Waals surface area contributed by atoms with E-state index in [9.17, 15) is 4.79 Å². The van der Waals surface area contributed by atoms with Crippen molar-refractivity contribution in [3.05, 3.63) is 50.9 Å². The second kappa shape index (κ2) is 6.28. The number of carbonyl (C=O) groups excluding carboxylic acids is 1. The van der Waals surface area contributed by atoms with Crippen LogP contribution in [0.4, 0.5) is 0 Å². The first-order chi connectivity index (χ1) is 9.06. The molecule has 0 unspecified atom stereocenters. The van der Waals surface area contributed by atoms with Crippen molar-refractivity contribution in [2.24, 2.45) is 0 Å². The second-order valence-corrected chi connectivity index (χ2v) is 5.84. The molecular weight excluding hydrogens is 280 g/mol. The summed E-state index contributed by atoms with van der Waals surface area (Å²) in [6.07, 6.45) is 0. The highest BCUT2D eigenvalue weighted by Gasteiger charge is 2.11. The van der Waals surface area contributed by atoms with Crippen molar-refractivity contribution in [1.29, 1.82) is 0 Å². The van der Waals surface area contributed by atoms with Crippen LogP contribution in [0.15, 0.2) is 29.8 Å². The third-order valence-electron chi connectivity index (χ3n) is 2.84. The third-order valence-corrected chi connectivity index (χ3v) is 4.01. The van der Waals surface area contributed by atoms with Crippen LogP contribution in [0.1, 0.15) is 20.9 Å². The number of halogens is 1. The van der Waals surface area contributed by atoms with Crippen molar-refractivity contribution in [1.82, 2.24) is 9.88 Å². The normalized spacial score (nSPS) is 10.9. The number of nitrogens with zero attached hydrogens (tertiary/aromatic N) is 2. The molecule has 0 spiro atoms. The number of thiazole rings is 1. The van der Waals surface area contributed by atoms with Gasteiger partial charge in [0.05, 0.1) is 17.7 Å². The summed E-state index contributed by atoms with van der Waals surface area (Å²) in [7, 11) is 1.94. The van der Waals surface area contributed by atoms with Crippen molar-refractivity contribution < 1.29 is 4.79 Å². The number of rotatable bonds is 5. The van der Waals surface area contributed by atoms with Crippen LogP contribution in [-0.2, 0) is 6.54 Å². The van der Waals surface area contributed by atoms with Crippen molar-refractivity contribution in [2.45, 2.75) is 13.5 Å². The summed E-state index contributed by atoms with van der Waals surface area (Å²) in [6, 6.07) is 7.00. The molecular formula is C14H15ClN2OS. The zero-order valence-electron chi connectivity index (χ0n) is 10.9. The molecule has 0 aliphatic carbocycles. The second-order valence-electron chi connectivity index (χ2n) is 4.46. The smallest absolute Gasteiger partial charge is 0.176 e. The molecule has 100 valence electrons. The summed E-state index contributed by atoms with van der Waals surface area (Å²) in [5, 5.41) is 0.644. The standard InChI is InChI=1S/C14H15ClN2OS/c1-10-14(19-9-16-10)8-17(2)7-13(18)11-3-5-12(15)6-4-11/h3-6,9H,7-8H2,1-2H3. The average Bonchev–Trinajstić information content (AvgIpc) is 2.75. The van der Waals surface area contributed by atoms with E-state index in [1.807, 2.05) is 24.4 Å². The Morgan fingerprint density at radius 3 is 2.63 bits per heavy atom. The summed E-state index contributed by atoms with van der Waals surface area (Å²) in [5.74, 6) is 0.0985. The molecule has 0 bridgehead atoms. The van der Waals surface area contributed by atoms with Gasteiger partial charge in [-0.2, -0.15) is 0 Å².